The first-order chi connectivity index (χ1) is 9.49. The summed E-state index contributed by atoms with van der Waals surface area (Å²) in [6.45, 7) is 4.47. The molecule has 1 aliphatic carbocycles. The first-order valence-electron chi connectivity index (χ1n) is 7.14. The van der Waals surface area contributed by atoms with Crippen molar-refractivity contribution < 1.29 is 9.90 Å². The van der Waals surface area contributed by atoms with Crippen molar-refractivity contribution in [1.29, 1.82) is 0 Å². The molecule has 110 valence electrons. The SMILES string of the molecule is CC(C)C1CCCCC1Nc1ncc(Br)cc1C(=O)O. The highest BCUT2D eigenvalue weighted by Crippen LogP contribution is 2.32. The van der Waals surface area contributed by atoms with Crippen molar-refractivity contribution in [3.05, 3.63) is 22.3 Å². The Labute approximate surface area is 128 Å². The van der Waals surface area contributed by atoms with Gasteiger partial charge in [0.25, 0.3) is 0 Å². The summed E-state index contributed by atoms with van der Waals surface area (Å²) in [6, 6.07) is 1.92. The van der Waals surface area contributed by atoms with Crippen LogP contribution in [-0.4, -0.2) is 22.1 Å². The van der Waals surface area contributed by atoms with E-state index in [1.54, 1.807) is 12.3 Å². The Hall–Kier alpha value is -1.10. The normalized spacial score (nSPS) is 22.8. The third kappa shape index (κ3) is 3.51. The highest BCUT2D eigenvalue weighted by molar-refractivity contribution is 9.10. The van der Waals surface area contributed by atoms with Crippen LogP contribution in [0.25, 0.3) is 0 Å². The maximum atomic E-state index is 11.3. The van der Waals surface area contributed by atoms with Crippen LogP contribution in [0.5, 0.6) is 0 Å². The number of carboxylic acid groups (broad SMARTS) is 1. The lowest BCUT2D eigenvalue weighted by Crippen LogP contribution is -2.36. The third-order valence-corrected chi connectivity index (χ3v) is 4.52. The number of aromatic carboxylic acids is 1. The number of rotatable bonds is 4. The van der Waals surface area contributed by atoms with Gasteiger partial charge in [-0.2, -0.15) is 0 Å². The minimum absolute atomic E-state index is 0.229. The molecular weight excluding hydrogens is 320 g/mol. The molecule has 4 nitrogen and oxygen atoms in total. The molecule has 1 aromatic rings. The fourth-order valence-electron chi connectivity index (χ4n) is 3.03. The van der Waals surface area contributed by atoms with E-state index in [-0.39, 0.29) is 5.56 Å². The highest BCUT2D eigenvalue weighted by Gasteiger charge is 2.28. The lowest BCUT2D eigenvalue weighted by atomic mass is 9.78. The predicted molar refractivity (Wildman–Crippen MR) is 83.1 cm³/mol. The Balaban J connectivity index is 2.22. The summed E-state index contributed by atoms with van der Waals surface area (Å²) in [5.74, 6) is 0.712. The van der Waals surface area contributed by atoms with Crippen LogP contribution in [0.3, 0.4) is 0 Å². The van der Waals surface area contributed by atoms with Gasteiger partial charge < -0.3 is 10.4 Å². The summed E-state index contributed by atoms with van der Waals surface area (Å²) in [5, 5.41) is 12.7. The largest absolute Gasteiger partial charge is 0.478 e. The van der Waals surface area contributed by atoms with E-state index in [1.165, 1.54) is 19.3 Å². The molecule has 2 N–H and O–H groups in total. The quantitative estimate of drug-likeness (QED) is 0.863. The van der Waals surface area contributed by atoms with Crippen molar-refractivity contribution in [2.24, 2.45) is 11.8 Å². The van der Waals surface area contributed by atoms with Gasteiger partial charge in [-0.05, 0) is 46.7 Å². The number of hydrogen-bond acceptors (Lipinski definition) is 3. The number of carboxylic acids is 1. The van der Waals surface area contributed by atoms with Crippen molar-refractivity contribution in [3.8, 4) is 0 Å². The van der Waals surface area contributed by atoms with Crippen LogP contribution in [0, 0.1) is 11.8 Å². The number of nitrogens with zero attached hydrogens (tertiary/aromatic N) is 1. The van der Waals surface area contributed by atoms with Crippen LogP contribution in [0.15, 0.2) is 16.7 Å². The van der Waals surface area contributed by atoms with Crippen LogP contribution in [0.1, 0.15) is 49.9 Å². The molecule has 0 aliphatic heterocycles. The molecule has 20 heavy (non-hydrogen) atoms. The number of carbonyl (C=O) groups is 1. The minimum atomic E-state index is -0.946. The summed E-state index contributed by atoms with van der Waals surface area (Å²) in [5.41, 5.74) is 0.229. The number of aromatic nitrogens is 1. The smallest absolute Gasteiger partial charge is 0.339 e. The second kappa shape index (κ2) is 6.57. The number of halogens is 1. The van der Waals surface area contributed by atoms with Crippen molar-refractivity contribution in [2.45, 2.75) is 45.6 Å². The van der Waals surface area contributed by atoms with Gasteiger partial charge in [-0.25, -0.2) is 9.78 Å². The van der Waals surface area contributed by atoms with Gasteiger partial charge in [0, 0.05) is 16.7 Å². The molecule has 0 bridgehead atoms. The lowest BCUT2D eigenvalue weighted by molar-refractivity contribution is 0.0697. The van der Waals surface area contributed by atoms with Gasteiger partial charge in [-0.15, -0.1) is 0 Å². The van der Waals surface area contributed by atoms with Crippen LogP contribution in [-0.2, 0) is 0 Å². The summed E-state index contributed by atoms with van der Waals surface area (Å²) in [7, 11) is 0. The zero-order valence-corrected chi connectivity index (χ0v) is 13.5. The van der Waals surface area contributed by atoms with Crippen LogP contribution in [0.4, 0.5) is 5.82 Å². The molecule has 5 heteroatoms. The van der Waals surface area contributed by atoms with Gasteiger partial charge in [0.1, 0.15) is 11.4 Å². The van der Waals surface area contributed by atoms with Gasteiger partial charge in [0.05, 0.1) is 0 Å². The minimum Gasteiger partial charge on any atom is -0.478 e. The van der Waals surface area contributed by atoms with E-state index in [4.69, 9.17) is 0 Å². The van der Waals surface area contributed by atoms with Gasteiger partial charge >= 0.3 is 5.97 Å². The Morgan fingerprint density at radius 1 is 1.45 bits per heavy atom. The standard InChI is InChI=1S/C15H21BrN2O2/c1-9(2)11-5-3-4-6-13(11)18-14-12(15(19)20)7-10(16)8-17-14/h7-9,11,13H,3-6H2,1-2H3,(H,17,18)(H,19,20). The van der Waals surface area contributed by atoms with Gasteiger partial charge in [-0.1, -0.05) is 26.7 Å². The van der Waals surface area contributed by atoms with Crippen molar-refractivity contribution in [3.63, 3.8) is 0 Å². The summed E-state index contributed by atoms with van der Waals surface area (Å²) >= 11 is 3.27. The summed E-state index contributed by atoms with van der Waals surface area (Å²) < 4.78 is 0.685. The van der Waals surface area contributed by atoms with Crippen LogP contribution in [0.2, 0.25) is 0 Å². The average molecular weight is 341 g/mol. The number of anilines is 1. The maximum absolute atomic E-state index is 11.3. The monoisotopic (exact) mass is 340 g/mol. The Morgan fingerprint density at radius 3 is 2.80 bits per heavy atom. The highest BCUT2D eigenvalue weighted by atomic mass is 79.9. The fourth-order valence-corrected chi connectivity index (χ4v) is 3.36. The molecule has 1 saturated carbocycles. The Bertz CT molecular complexity index is 491. The van der Waals surface area contributed by atoms with Gasteiger partial charge in [0.2, 0.25) is 0 Å². The van der Waals surface area contributed by atoms with E-state index in [0.717, 1.165) is 6.42 Å². The van der Waals surface area contributed by atoms with E-state index in [1.807, 2.05) is 0 Å². The molecule has 2 atom stereocenters. The third-order valence-electron chi connectivity index (χ3n) is 4.08. The molecule has 2 rings (SSSR count). The molecule has 0 aromatic carbocycles. The fraction of sp³-hybridized carbons (Fsp3) is 0.600. The molecule has 0 spiro atoms. The molecule has 0 saturated heterocycles. The first-order valence-corrected chi connectivity index (χ1v) is 7.93. The van der Waals surface area contributed by atoms with E-state index in [0.29, 0.717) is 28.2 Å². The number of hydrogen-bond donors (Lipinski definition) is 2. The second-order valence-electron chi connectivity index (χ2n) is 5.80. The van der Waals surface area contributed by atoms with Crippen LogP contribution >= 0.6 is 15.9 Å². The zero-order valence-electron chi connectivity index (χ0n) is 11.9. The molecule has 0 radical (unpaired) electrons. The lowest BCUT2D eigenvalue weighted by Gasteiger charge is -2.35. The molecule has 2 unspecified atom stereocenters. The van der Waals surface area contributed by atoms with E-state index in [2.05, 4.69) is 40.1 Å². The van der Waals surface area contributed by atoms with Crippen molar-refractivity contribution >= 4 is 27.7 Å². The zero-order chi connectivity index (χ0) is 14.7. The first kappa shape index (κ1) is 15.3. The molecule has 0 amide bonds. The maximum Gasteiger partial charge on any atom is 0.339 e. The number of pyridine rings is 1. The van der Waals surface area contributed by atoms with Crippen molar-refractivity contribution in [2.75, 3.05) is 5.32 Å². The summed E-state index contributed by atoms with van der Waals surface area (Å²) in [4.78, 5) is 15.6. The summed E-state index contributed by atoms with van der Waals surface area (Å²) in [6.07, 6.45) is 6.39. The number of nitrogens with one attached hydrogen (secondary N) is 1. The second-order valence-corrected chi connectivity index (χ2v) is 6.71. The Kier molecular flexibility index (Phi) is 5.02. The molecular formula is C15H21BrN2O2. The van der Waals surface area contributed by atoms with Crippen molar-refractivity contribution in [1.82, 2.24) is 4.98 Å². The molecule has 1 fully saturated rings. The van der Waals surface area contributed by atoms with Crippen LogP contribution < -0.4 is 5.32 Å². The predicted octanol–water partition coefficient (Wildman–Crippen LogP) is 4.17. The molecule has 1 aliphatic rings. The molecule has 1 heterocycles. The van der Waals surface area contributed by atoms with E-state index < -0.39 is 5.97 Å². The van der Waals surface area contributed by atoms with Gasteiger partial charge in [0.15, 0.2) is 0 Å². The van der Waals surface area contributed by atoms with Gasteiger partial charge in [-0.3, -0.25) is 0 Å². The van der Waals surface area contributed by atoms with E-state index >= 15 is 0 Å². The Morgan fingerprint density at radius 2 is 2.15 bits per heavy atom. The topological polar surface area (TPSA) is 62.2 Å². The van der Waals surface area contributed by atoms with E-state index in [9.17, 15) is 9.90 Å². The molecule has 1 aromatic heterocycles. The average Bonchev–Trinajstić information content (AvgIpc) is 2.41.